The van der Waals surface area contributed by atoms with E-state index in [0.29, 0.717) is 13.0 Å². The molecule has 1 aromatic heterocycles. The maximum absolute atomic E-state index is 13.0. The van der Waals surface area contributed by atoms with E-state index in [9.17, 15) is 19.5 Å². The third kappa shape index (κ3) is 4.51. The Kier molecular flexibility index (Phi) is 6.20. The molecule has 2 heterocycles. The van der Waals surface area contributed by atoms with Crippen LogP contribution < -0.4 is 15.8 Å². The molecule has 1 fully saturated rings. The molecule has 160 valence electrons. The molecule has 3 amide bonds. The second-order valence-electron chi connectivity index (χ2n) is 7.35. The zero-order valence-corrected chi connectivity index (χ0v) is 16.8. The van der Waals surface area contributed by atoms with E-state index in [1.54, 1.807) is 29.2 Å². The van der Waals surface area contributed by atoms with Crippen LogP contribution >= 0.6 is 0 Å². The van der Waals surface area contributed by atoms with Crippen molar-refractivity contribution in [3.8, 4) is 11.6 Å². The van der Waals surface area contributed by atoms with Gasteiger partial charge in [0.15, 0.2) is 0 Å². The Morgan fingerprint density at radius 3 is 2.60 bits per heavy atom. The van der Waals surface area contributed by atoms with Gasteiger partial charge in [0.05, 0.1) is 25.0 Å². The van der Waals surface area contributed by atoms with Crippen molar-refractivity contribution in [2.45, 2.75) is 25.8 Å². The largest absolute Gasteiger partial charge is 0.508 e. The highest BCUT2D eigenvalue weighted by atomic mass is 16.5. The number of methoxy groups -OCH3 is 1. The average molecular weight is 414 g/mol. The minimum absolute atomic E-state index is 0. The van der Waals surface area contributed by atoms with Gasteiger partial charge in [0, 0.05) is 7.97 Å². The van der Waals surface area contributed by atoms with Crippen molar-refractivity contribution in [3.63, 3.8) is 0 Å². The quantitative estimate of drug-likeness (QED) is 0.656. The Bertz CT molecular complexity index is 967. The number of carbonyl (C=O) groups is 3. The monoisotopic (exact) mass is 414 g/mol. The molecule has 2 atom stereocenters. The third-order valence-electron chi connectivity index (χ3n) is 5.12. The average Bonchev–Trinajstić information content (AvgIpc) is 2.73. The number of nitrogens with two attached hydrogens (primary N) is 1. The normalized spacial score (nSPS) is 18.5. The minimum atomic E-state index is -0.838. The molecule has 0 unspecified atom stereocenters. The van der Waals surface area contributed by atoms with Gasteiger partial charge in [-0.2, -0.15) is 0 Å². The van der Waals surface area contributed by atoms with Crippen LogP contribution in [0.5, 0.6) is 11.6 Å². The maximum Gasteiger partial charge on any atom is 0.313 e. The molecule has 4 N–H and O–H groups in total. The van der Waals surface area contributed by atoms with Crippen molar-refractivity contribution in [1.29, 1.82) is 0 Å². The second-order valence-corrected chi connectivity index (χ2v) is 7.35. The van der Waals surface area contributed by atoms with E-state index in [4.69, 9.17) is 10.5 Å². The number of nitrogens with one attached hydrogen (secondary N) is 1. The number of amides is 3. The van der Waals surface area contributed by atoms with Crippen molar-refractivity contribution in [3.05, 3.63) is 47.7 Å². The van der Waals surface area contributed by atoms with Crippen LogP contribution in [0, 0.1) is 5.92 Å². The van der Waals surface area contributed by atoms with E-state index >= 15 is 0 Å². The van der Waals surface area contributed by atoms with E-state index in [-0.39, 0.29) is 36.3 Å². The Morgan fingerprint density at radius 2 is 1.97 bits per heavy atom. The molecule has 0 bridgehead atoms. The SMILES string of the molecule is COc1ncc(NC(=O)C(=O)N2C[C@H](C)CC[C@H]2c2ccc(O)cc2)cc1C(N)=O.[HH]. The molecule has 0 radical (unpaired) electrons. The van der Waals surface area contributed by atoms with Gasteiger partial charge in [-0.1, -0.05) is 19.1 Å². The van der Waals surface area contributed by atoms with Gasteiger partial charge in [0.2, 0.25) is 5.88 Å². The number of ether oxygens (including phenoxy) is 1. The summed E-state index contributed by atoms with van der Waals surface area (Å²) >= 11 is 0. The summed E-state index contributed by atoms with van der Waals surface area (Å²) in [7, 11) is 1.34. The van der Waals surface area contributed by atoms with E-state index in [0.717, 1.165) is 12.0 Å². The zero-order chi connectivity index (χ0) is 21.8. The highest BCUT2D eigenvalue weighted by Gasteiger charge is 2.34. The lowest BCUT2D eigenvalue weighted by Crippen LogP contribution is -2.46. The van der Waals surface area contributed by atoms with E-state index in [1.165, 1.54) is 19.4 Å². The van der Waals surface area contributed by atoms with Crippen molar-refractivity contribution >= 4 is 23.4 Å². The first-order chi connectivity index (χ1) is 14.3. The van der Waals surface area contributed by atoms with Crippen LogP contribution in [0.3, 0.4) is 0 Å². The highest BCUT2D eigenvalue weighted by molar-refractivity contribution is 6.39. The number of aromatic hydroxyl groups is 1. The van der Waals surface area contributed by atoms with Gasteiger partial charge in [0.25, 0.3) is 5.91 Å². The number of carbonyl (C=O) groups excluding carboxylic acids is 3. The van der Waals surface area contributed by atoms with Crippen LogP contribution in [0.15, 0.2) is 36.5 Å². The van der Waals surface area contributed by atoms with Crippen LogP contribution in [-0.4, -0.2) is 46.4 Å². The number of piperidine rings is 1. The number of benzene rings is 1. The van der Waals surface area contributed by atoms with Crippen LogP contribution in [0.4, 0.5) is 5.69 Å². The molecule has 0 saturated carbocycles. The molecule has 1 aliphatic rings. The number of hydrogen-bond acceptors (Lipinski definition) is 6. The lowest BCUT2D eigenvalue weighted by molar-refractivity contribution is -0.146. The van der Waals surface area contributed by atoms with Crippen molar-refractivity contribution in [2.24, 2.45) is 11.7 Å². The lowest BCUT2D eigenvalue weighted by Gasteiger charge is -2.38. The van der Waals surface area contributed by atoms with Gasteiger partial charge in [-0.3, -0.25) is 14.4 Å². The van der Waals surface area contributed by atoms with Gasteiger partial charge in [0.1, 0.15) is 11.3 Å². The lowest BCUT2D eigenvalue weighted by atomic mass is 9.90. The summed E-state index contributed by atoms with van der Waals surface area (Å²) in [6.07, 6.45) is 2.91. The third-order valence-corrected chi connectivity index (χ3v) is 5.12. The standard InChI is InChI=1S/C21H24N4O5.H2/c1-12-3-8-17(13-4-6-15(26)7-5-13)25(11-12)21(29)19(28)24-14-9-16(18(22)27)20(30-2)23-10-14;/h4-7,9-10,12,17,26H,3,8,11H2,1-2H3,(H2,22,27)(H,24,28);1H/t12-,17+;/m1./s1. The smallest absolute Gasteiger partial charge is 0.313 e. The number of pyridine rings is 1. The summed E-state index contributed by atoms with van der Waals surface area (Å²) in [6, 6.07) is 7.67. The van der Waals surface area contributed by atoms with Crippen molar-refractivity contribution in [2.75, 3.05) is 19.0 Å². The molecule has 2 aromatic rings. The highest BCUT2D eigenvalue weighted by Crippen LogP contribution is 2.34. The summed E-state index contributed by atoms with van der Waals surface area (Å²) in [5.41, 5.74) is 6.32. The number of rotatable bonds is 4. The van der Waals surface area contributed by atoms with Gasteiger partial charge in [-0.25, -0.2) is 4.98 Å². The summed E-state index contributed by atoms with van der Waals surface area (Å²) < 4.78 is 4.97. The number of nitrogens with zero attached hydrogens (tertiary/aromatic N) is 2. The van der Waals surface area contributed by atoms with Gasteiger partial charge < -0.3 is 25.8 Å². The number of primary amides is 1. The number of aromatic nitrogens is 1. The summed E-state index contributed by atoms with van der Waals surface area (Å²) in [5, 5.41) is 12.0. The van der Waals surface area contributed by atoms with Gasteiger partial charge >= 0.3 is 11.8 Å². The van der Waals surface area contributed by atoms with Crippen molar-refractivity contribution < 1.29 is 25.7 Å². The Hall–Kier alpha value is -3.62. The first-order valence-electron chi connectivity index (χ1n) is 9.55. The van der Waals surface area contributed by atoms with Crippen LogP contribution in [-0.2, 0) is 9.59 Å². The predicted molar refractivity (Wildman–Crippen MR) is 111 cm³/mol. The van der Waals surface area contributed by atoms with Gasteiger partial charge in [-0.05, 0) is 42.5 Å². The fourth-order valence-corrected chi connectivity index (χ4v) is 3.59. The van der Waals surface area contributed by atoms with E-state index in [2.05, 4.69) is 10.3 Å². The van der Waals surface area contributed by atoms with E-state index < -0.39 is 17.7 Å². The molecule has 1 saturated heterocycles. The van der Waals surface area contributed by atoms with Crippen molar-refractivity contribution in [1.82, 2.24) is 9.88 Å². The molecular weight excluding hydrogens is 388 g/mol. The maximum atomic E-state index is 13.0. The number of phenolic OH excluding ortho intramolecular Hbond substituents is 1. The molecule has 9 heteroatoms. The summed E-state index contributed by atoms with van der Waals surface area (Å²) in [5.74, 6) is -1.87. The molecule has 9 nitrogen and oxygen atoms in total. The first-order valence-corrected chi connectivity index (χ1v) is 9.55. The van der Waals surface area contributed by atoms with Crippen LogP contribution in [0.1, 0.15) is 43.2 Å². The molecule has 0 spiro atoms. The first kappa shape index (κ1) is 21.1. The number of likely N-dealkylation sites (tertiary alicyclic amines) is 1. The van der Waals surface area contributed by atoms with E-state index in [1.807, 2.05) is 6.92 Å². The topological polar surface area (TPSA) is 135 Å². The predicted octanol–water partition coefficient (Wildman–Crippen LogP) is 2.08. The van der Waals surface area contributed by atoms with Crippen LogP contribution in [0.25, 0.3) is 0 Å². The number of anilines is 1. The summed E-state index contributed by atoms with van der Waals surface area (Å²) in [6.45, 7) is 2.46. The molecule has 30 heavy (non-hydrogen) atoms. The molecule has 0 aliphatic carbocycles. The number of hydrogen-bond donors (Lipinski definition) is 3. The fraction of sp³-hybridized carbons (Fsp3) is 0.333. The van der Waals surface area contributed by atoms with Gasteiger partial charge in [-0.15, -0.1) is 0 Å². The fourth-order valence-electron chi connectivity index (χ4n) is 3.59. The molecule has 3 rings (SSSR count). The Morgan fingerprint density at radius 1 is 1.27 bits per heavy atom. The van der Waals surface area contributed by atoms with Crippen LogP contribution in [0.2, 0.25) is 0 Å². The molecule has 1 aliphatic heterocycles. The summed E-state index contributed by atoms with van der Waals surface area (Å²) in [4.78, 5) is 42.7. The number of phenols is 1. The molecular formula is C21H26N4O5. The molecule has 1 aromatic carbocycles. The minimum Gasteiger partial charge on any atom is -0.508 e. The Balaban J connectivity index is 0.00000341. The zero-order valence-electron chi connectivity index (χ0n) is 16.8. The Labute approximate surface area is 175 Å². The second kappa shape index (κ2) is 8.81.